The highest BCUT2D eigenvalue weighted by atomic mass is 16.5. The van der Waals surface area contributed by atoms with Crippen molar-refractivity contribution in [2.45, 2.75) is 117 Å². The van der Waals surface area contributed by atoms with Gasteiger partial charge in [0.05, 0.1) is 6.61 Å². The van der Waals surface area contributed by atoms with E-state index in [9.17, 15) is 4.79 Å². The number of esters is 1. The predicted molar refractivity (Wildman–Crippen MR) is 107 cm³/mol. The molecule has 0 rings (SSSR count). The zero-order valence-corrected chi connectivity index (χ0v) is 17.1. The number of aliphatic hydroxyl groups is 1. The number of hydrogen-bond acceptors (Lipinski definition) is 3. The predicted octanol–water partition coefficient (Wildman–Crippen LogP) is 6.42. The van der Waals surface area contributed by atoms with Crippen LogP contribution in [0.25, 0.3) is 0 Å². The van der Waals surface area contributed by atoms with Gasteiger partial charge in [0.2, 0.25) is 0 Å². The Hall–Kier alpha value is -0.570. The number of unbranched alkanes of at least 4 members (excludes halogenated alkanes) is 14. The van der Waals surface area contributed by atoms with Crippen LogP contribution in [0, 0.1) is 5.92 Å². The maximum absolute atomic E-state index is 11.5. The highest BCUT2D eigenvalue weighted by Gasteiger charge is 2.06. The molecule has 0 saturated carbocycles. The van der Waals surface area contributed by atoms with Crippen molar-refractivity contribution in [1.82, 2.24) is 0 Å². The van der Waals surface area contributed by atoms with Gasteiger partial charge in [-0.05, 0) is 6.42 Å². The van der Waals surface area contributed by atoms with Gasteiger partial charge in [0.25, 0.3) is 0 Å². The van der Waals surface area contributed by atoms with Crippen molar-refractivity contribution in [3.05, 3.63) is 0 Å². The first-order valence-electron chi connectivity index (χ1n) is 11.0. The molecule has 25 heavy (non-hydrogen) atoms. The van der Waals surface area contributed by atoms with Crippen LogP contribution in [0.3, 0.4) is 0 Å². The SMILES string of the molecule is CCCCCCCCCCCCCCCCCC(=O)OCC(C)CO. The summed E-state index contributed by atoms with van der Waals surface area (Å²) in [5.74, 6) is -0.0694. The van der Waals surface area contributed by atoms with Crippen molar-refractivity contribution in [2.24, 2.45) is 5.92 Å². The summed E-state index contributed by atoms with van der Waals surface area (Å²) >= 11 is 0. The Morgan fingerprint density at radius 2 is 1.16 bits per heavy atom. The van der Waals surface area contributed by atoms with E-state index < -0.39 is 0 Å². The number of aliphatic hydroxyl groups excluding tert-OH is 1. The lowest BCUT2D eigenvalue weighted by Gasteiger charge is -2.08. The molecule has 3 nitrogen and oxygen atoms in total. The molecule has 1 atom stereocenters. The van der Waals surface area contributed by atoms with Crippen LogP contribution >= 0.6 is 0 Å². The van der Waals surface area contributed by atoms with Crippen molar-refractivity contribution >= 4 is 5.97 Å². The van der Waals surface area contributed by atoms with Gasteiger partial charge in [-0.1, -0.05) is 104 Å². The monoisotopic (exact) mass is 356 g/mol. The molecule has 0 aromatic carbocycles. The lowest BCUT2D eigenvalue weighted by Crippen LogP contribution is -2.14. The van der Waals surface area contributed by atoms with Crippen molar-refractivity contribution in [3.63, 3.8) is 0 Å². The minimum atomic E-state index is -0.116. The molecule has 0 radical (unpaired) electrons. The first-order valence-corrected chi connectivity index (χ1v) is 11.0. The molecular formula is C22H44O3. The fraction of sp³-hybridized carbons (Fsp3) is 0.955. The number of carbonyl (C=O) groups excluding carboxylic acids is 1. The largest absolute Gasteiger partial charge is 0.465 e. The molecule has 0 aromatic heterocycles. The molecule has 0 aliphatic rings. The Morgan fingerprint density at radius 1 is 0.760 bits per heavy atom. The van der Waals surface area contributed by atoms with Gasteiger partial charge in [-0.3, -0.25) is 4.79 Å². The summed E-state index contributed by atoms with van der Waals surface area (Å²) in [5, 5.41) is 8.87. The maximum Gasteiger partial charge on any atom is 0.305 e. The van der Waals surface area contributed by atoms with Gasteiger partial charge < -0.3 is 9.84 Å². The summed E-state index contributed by atoms with van der Waals surface area (Å²) in [6.45, 7) is 4.57. The van der Waals surface area contributed by atoms with E-state index in [1.807, 2.05) is 6.92 Å². The van der Waals surface area contributed by atoms with Gasteiger partial charge in [-0.2, -0.15) is 0 Å². The molecule has 150 valence electrons. The summed E-state index contributed by atoms with van der Waals surface area (Å²) in [5.41, 5.74) is 0. The van der Waals surface area contributed by atoms with E-state index in [0.29, 0.717) is 13.0 Å². The zero-order chi connectivity index (χ0) is 18.6. The van der Waals surface area contributed by atoms with E-state index in [2.05, 4.69) is 6.92 Å². The quantitative estimate of drug-likeness (QED) is 0.214. The third-order valence-corrected chi connectivity index (χ3v) is 4.82. The van der Waals surface area contributed by atoms with Crippen LogP contribution in [0.1, 0.15) is 117 Å². The second-order valence-corrected chi connectivity index (χ2v) is 7.67. The minimum Gasteiger partial charge on any atom is -0.465 e. The van der Waals surface area contributed by atoms with Crippen molar-refractivity contribution in [3.8, 4) is 0 Å². The normalized spacial score (nSPS) is 12.3. The van der Waals surface area contributed by atoms with Crippen molar-refractivity contribution < 1.29 is 14.6 Å². The summed E-state index contributed by atoms with van der Waals surface area (Å²) in [6, 6.07) is 0. The van der Waals surface area contributed by atoms with Crippen molar-refractivity contribution in [2.75, 3.05) is 13.2 Å². The average Bonchev–Trinajstić information content (AvgIpc) is 2.62. The molecule has 1 unspecified atom stereocenters. The van der Waals surface area contributed by atoms with E-state index in [1.54, 1.807) is 0 Å². The molecule has 0 bridgehead atoms. The molecule has 0 amide bonds. The van der Waals surface area contributed by atoms with E-state index in [1.165, 1.54) is 83.5 Å². The molecule has 0 saturated heterocycles. The molecule has 0 spiro atoms. The van der Waals surface area contributed by atoms with Crippen LogP contribution in [-0.2, 0) is 9.53 Å². The number of ether oxygens (including phenoxy) is 1. The van der Waals surface area contributed by atoms with Crippen LogP contribution in [0.4, 0.5) is 0 Å². The fourth-order valence-electron chi connectivity index (χ4n) is 3.00. The summed E-state index contributed by atoms with van der Waals surface area (Å²) in [4.78, 5) is 11.5. The van der Waals surface area contributed by atoms with Gasteiger partial charge in [0, 0.05) is 18.9 Å². The third-order valence-electron chi connectivity index (χ3n) is 4.82. The zero-order valence-electron chi connectivity index (χ0n) is 17.1. The first kappa shape index (κ1) is 24.4. The maximum atomic E-state index is 11.5. The van der Waals surface area contributed by atoms with E-state index in [-0.39, 0.29) is 18.5 Å². The van der Waals surface area contributed by atoms with Crippen LogP contribution in [0.2, 0.25) is 0 Å². The summed E-state index contributed by atoms with van der Waals surface area (Å²) < 4.78 is 5.11. The lowest BCUT2D eigenvalue weighted by atomic mass is 10.0. The Balaban J connectivity index is 3.12. The highest BCUT2D eigenvalue weighted by Crippen LogP contribution is 2.13. The number of rotatable bonds is 19. The van der Waals surface area contributed by atoms with Crippen LogP contribution in [-0.4, -0.2) is 24.3 Å². The molecule has 0 aliphatic heterocycles. The van der Waals surface area contributed by atoms with Crippen LogP contribution < -0.4 is 0 Å². The minimum absolute atomic E-state index is 0.0463. The van der Waals surface area contributed by atoms with Gasteiger partial charge in [0.1, 0.15) is 0 Å². The second-order valence-electron chi connectivity index (χ2n) is 7.67. The molecule has 0 aromatic rings. The Morgan fingerprint density at radius 3 is 1.56 bits per heavy atom. The van der Waals surface area contributed by atoms with E-state index >= 15 is 0 Å². The number of carbonyl (C=O) groups is 1. The van der Waals surface area contributed by atoms with Gasteiger partial charge >= 0.3 is 5.97 Å². The summed E-state index contributed by atoms with van der Waals surface area (Å²) in [7, 11) is 0. The molecule has 3 heteroatoms. The van der Waals surface area contributed by atoms with E-state index in [0.717, 1.165) is 12.8 Å². The standard InChI is InChI=1S/C22H44O3/c1-3-4-5-6-7-8-9-10-11-12-13-14-15-16-17-18-22(24)25-20-21(2)19-23/h21,23H,3-20H2,1-2H3. The Kier molecular flexibility index (Phi) is 19.3. The Labute approximate surface area is 156 Å². The number of hydrogen-bond donors (Lipinski definition) is 1. The third kappa shape index (κ3) is 19.6. The summed E-state index contributed by atoms with van der Waals surface area (Å²) in [6.07, 6.45) is 20.5. The van der Waals surface area contributed by atoms with E-state index in [4.69, 9.17) is 9.84 Å². The van der Waals surface area contributed by atoms with Crippen LogP contribution in [0.5, 0.6) is 0 Å². The highest BCUT2D eigenvalue weighted by molar-refractivity contribution is 5.69. The first-order chi connectivity index (χ1) is 12.2. The second kappa shape index (κ2) is 19.8. The van der Waals surface area contributed by atoms with Gasteiger partial charge in [-0.15, -0.1) is 0 Å². The average molecular weight is 357 g/mol. The molecular weight excluding hydrogens is 312 g/mol. The molecule has 0 aliphatic carbocycles. The fourth-order valence-corrected chi connectivity index (χ4v) is 3.00. The van der Waals surface area contributed by atoms with Crippen molar-refractivity contribution in [1.29, 1.82) is 0 Å². The topological polar surface area (TPSA) is 46.5 Å². The molecule has 0 fully saturated rings. The Bertz CT molecular complexity index is 278. The molecule has 0 heterocycles. The smallest absolute Gasteiger partial charge is 0.305 e. The van der Waals surface area contributed by atoms with Gasteiger partial charge in [-0.25, -0.2) is 0 Å². The van der Waals surface area contributed by atoms with Crippen LogP contribution in [0.15, 0.2) is 0 Å². The molecule has 1 N–H and O–H groups in total. The van der Waals surface area contributed by atoms with Gasteiger partial charge in [0.15, 0.2) is 0 Å². The lowest BCUT2D eigenvalue weighted by molar-refractivity contribution is -0.145.